The van der Waals surface area contributed by atoms with Crippen LogP contribution in [0.2, 0.25) is 0 Å². The summed E-state index contributed by atoms with van der Waals surface area (Å²) in [6.45, 7) is 3.58. The quantitative estimate of drug-likeness (QED) is 0.397. The Morgan fingerprint density at radius 2 is 1.62 bits per heavy atom. The second-order valence-corrected chi connectivity index (χ2v) is 6.89. The number of rotatable bonds is 9. The van der Waals surface area contributed by atoms with Crippen molar-refractivity contribution in [3.8, 4) is 11.5 Å². The van der Waals surface area contributed by atoms with Crippen molar-refractivity contribution in [2.24, 2.45) is 0 Å². The van der Waals surface area contributed by atoms with Gasteiger partial charge in [0.15, 0.2) is 11.5 Å². The van der Waals surface area contributed by atoms with E-state index in [4.69, 9.17) is 9.47 Å². The summed E-state index contributed by atoms with van der Waals surface area (Å²) in [5.74, 6) is 1.77. The summed E-state index contributed by atoms with van der Waals surface area (Å²) in [6.07, 6.45) is 10.7. The van der Waals surface area contributed by atoms with E-state index in [1.807, 2.05) is 6.07 Å². The predicted molar refractivity (Wildman–Crippen MR) is 91.7 cm³/mol. The van der Waals surface area contributed by atoms with Crippen molar-refractivity contribution in [3.05, 3.63) is 23.8 Å². The Morgan fingerprint density at radius 3 is 2.38 bits per heavy atom. The average Bonchev–Trinajstić information content (AvgIpc) is 2.53. The number of alkyl halides is 1. The lowest BCUT2D eigenvalue weighted by Gasteiger charge is -2.20. The van der Waals surface area contributed by atoms with Crippen molar-refractivity contribution in [2.75, 3.05) is 13.2 Å². The molecule has 0 aromatic heterocycles. The second kappa shape index (κ2) is 9.34. The number of hydrogen-bond donors (Lipinski definition) is 0. The Morgan fingerprint density at radius 1 is 0.952 bits per heavy atom. The van der Waals surface area contributed by atoms with E-state index in [1.165, 1.54) is 56.9 Å². The van der Waals surface area contributed by atoms with Crippen LogP contribution in [0.25, 0.3) is 0 Å². The first-order chi connectivity index (χ1) is 10.3. The Labute approximate surface area is 137 Å². The smallest absolute Gasteiger partial charge is 0.161 e. The fourth-order valence-electron chi connectivity index (χ4n) is 2.70. The van der Waals surface area contributed by atoms with Gasteiger partial charge in [0.25, 0.3) is 0 Å². The molecule has 1 aliphatic rings. The minimum Gasteiger partial charge on any atom is -0.486 e. The van der Waals surface area contributed by atoms with Crippen LogP contribution >= 0.6 is 15.9 Å². The molecule has 21 heavy (non-hydrogen) atoms. The third-order valence-corrected chi connectivity index (χ3v) is 4.98. The zero-order valence-corrected chi connectivity index (χ0v) is 14.7. The van der Waals surface area contributed by atoms with Crippen molar-refractivity contribution in [2.45, 2.75) is 63.1 Å². The van der Waals surface area contributed by atoms with E-state index in [2.05, 4.69) is 35.0 Å². The fraction of sp³-hybridized carbons (Fsp3) is 0.667. The molecule has 2 rings (SSSR count). The topological polar surface area (TPSA) is 18.5 Å². The minimum atomic E-state index is 0.420. The normalized spacial score (nSPS) is 15.0. The van der Waals surface area contributed by atoms with Crippen LogP contribution in [0.3, 0.4) is 0 Å². The number of benzene rings is 1. The molecule has 0 amide bonds. The maximum absolute atomic E-state index is 5.65. The van der Waals surface area contributed by atoms with Gasteiger partial charge in [-0.25, -0.2) is 0 Å². The van der Waals surface area contributed by atoms with E-state index in [0.717, 1.165) is 11.5 Å². The molecule has 0 saturated carbocycles. The summed E-state index contributed by atoms with van der Waals surface area (Å²) in [5, 5.41) is 0. The first kappa shape index (κ1) is 16.7. The van der Waals surface area contributed by atoms with Crippen molar-refractivity contribution >= 4 is 15.9 Å². The maximum atomic E-state index is 5.65. The summed E-state index contributed by atoms with van der Waals surface area (Å²) < 4.78 is 11.2. The lowest BCUT2D eigenvalue weighted by molar-refractivity contribution is 0.171. The van der Waals surface area contributed by atoms with Gasteiger partial charge in [-0.2, -0.15) is 0 Å². The molecule has 0 radical (unpaired) electrons. The summed E-state index contributed by atoms with van der Waals surface area (Å²) in [4.78, 5) is 0.420. The van der Waals surface area contributed by atoms with Gasteiger partial charge in [0, 0.05) is 4.83 Å². The van der Waals surface area contributed by atoms with Crippen LogP contribution in [-0.4, -0.2) is 13.2 Å². The van der Waals surface area contributed by atoms with Crippen LogP contribution < -0.4 is 9.47 Å². The van der Waals surface area contributed by atoms with Gasteiger partial charge in [0.1, 0.15) is 13.2 Å². The molecule has 3 heteroatoms. The van der Waals surface area contributed by atoms with Gasteiger partial charge in [-0.05, 0) is 24.1 Å². The Bertz CT molecular complexity index is 420. The highest BCUT2D eigenvalue weighted by molar-refractivity contribution is 9.09. The molecule has 1 heterocycles. The summed E-state index contributed by atoms with van der Waals surface area (Å²) in [5.41, 5.74) is 1.30. The van der Waals surface area contributed by atoms with Crippen molar-refractivity contribution in [1.29, 1.82) is 0 Å². The predicted octanol–water partition coefficient (Wildman–Crippen LogP) is 6.03. The molecular weight excluding hydrogens is 328 g/mol. The monoisotopic (exact) mass is 354 g/mol. The van der Waals surface area contributed by atoms with Crippen molar-refractivity contribution in [3.63, 3.8) is 0 Å². The highest BCUT2D eigenvalue weighted by atomic mass is 79.9. The molecule has 0 spiro atoms. The number of unbranched alkanes of at least 4 members (excludes halogenated alkanes) is 6. The van der Waals surface area contributed by atoms with Gasteiger partial charge < -0.3 is 9.47 Å². The van der Waals surface area contributed by atoms with Gasteiger partial charge in [0.2, 0.25) is 0 Å². The first-order valence-electron chi connectivity index (χ1n) is 8.35. The third kappa shape index (κ3) is 5.54. The van der Waals surface area contributed by atoms with Gasteiger partial charge in [-0.15, -0.1) is 0 Å². The second-order valence-electron chi connectivity index (χ2n) is 5.78. The standard InChI is InChI=1S/C18H27BrO2/c1-2-3-4-5-6-7-8-9-16(19)15-10-11-17-18(14-15)21-13-12-20-17/h10-11,14,16H,2-9,12-13H2,1H3. The molecule has 0 aliphatic carbocycles. The molecule has 1 atom stereocenters. The van der Waals surface area contributed by atoms with Gasteiger partial charge >= 0.3 is 0 Å². The molecule has 0 N–H and O–H groups in total. The molecule has 1 aromatic carbocycles. The first-order valence-corrected chi connectivity index (χ1v) is 9.26. The van der Waals surface area contributed by atoms with Gasteiger partial charge in [-0.3, -0.25) is 0 Å². The van der Waals surface area contributed by atoms with E-state index in [9.17, 15) is 0 Å². The number of halogens is 1. The highest BCUT2D eigenvalue weighted by Gasteiger charge is 2.15. The molecule has 1 aliphatic heterocycles. The van der Waals surface area contributed by atoms with Crippen molar-refractivity contribution in [1.82, 2.24) is 0 Å². The molecular formula is C18H27BrO2. The Balaban J connectivity index is 1.69. The summed E-state index contributed by atoms with van der Waals surface area (Å²) in [7, 11) is 0. The molecule has 2 nitrogen and oxygen atoms in total. The molecule has 1 unspecified atom stereocenters. The van der Waals surface area contributed by atoms with Crippen LogP contribution in [0.1, 0.15) is 68.7 Å². The van der Waals surface area contributed by atoms with Crippen molar-refractivity contribution < 1.29 is 9.47 Å². The third-order valence-electron chi connectivity index (χ3n) is 3.99. The fourth-order valence-corrected chi connectivity index (χ4v) is 3.31. The Kier molecular flexibility index (Phi) is 7.42. The van der Waals surface area contributed by atoms with E-state index in [0.29, 0.717) is 18.0 Å². The SMILES string of the molecule is CCCCCCCCCC(Br)c1ccc2c(c1)OCCO2. The number of hydrogen-bond acceptors (Lipinski definition) is 2. The lowest BCUT2D eigenvalue weighted by atomic mass is 10.0. The minimum absolute atomic E-state index is 0.420. The molecule has 118 valence electrons. The zero-order valence-electron chi connectivity index (χ0n) is 13.1. The number of fused-ring (bicyclic) bond motifs is 1. The van der Waals surface area contributed by atoms with E-state index in [-0.39, 0.29) is 0 Å². The van der Waals surface area contributed by atoms with E-state index in [1.54, 1.807) is 0 Å². The summed E-state index contributed by atoms with van der Waals surface area (Å²) >= 11 is 3.81. The molecule has 1 aromatic rings. The van der Waals surface area contributed by atoms with Crippen LogP contribution in [0.5, 0.6) is 11.5 Å². The maximum Gasteiger partial charge on any atom is 0.161 e. The molecule has 0 bridgehead atoms. The van der Waals surface area contributed by atoms with E-state index < -0.39 is 0 Å². The Hall–Kier alpha value is -0.700. The lowest BCUT2D eigenvalue weighted by Crippen LogP contribution is -2.15. The largest absolute Gasteiger partial charge is 0.486 e. The highest BCUT2D eigenvalue weighted by Crippen LogP contribution is 2.36. The molecule has 0 saturated heterocycles. The van der Waals surface area contributed by atoms with Crippen LogP contribution in [0.4, 0.5) is 0 Å². The molecule has 0 fully saturated rings. The van der Waals surface area contributed by atoms with Crippen LogP contribution in [-0.2, 0) is 0 Å². The van der Waals surface area contributed by atoms with Crippen LogP contribution in [0, 0.1) is 0 Å². The average molecular weight is 355 g/mol. The van der Waals surface area contributed by atoms with Gasteiger partial charge in [0.05, 0.1) is 0 Å². The zero-order chi connectivity index (χ0) is 14.9. The number of ether oxygens (including phenoxy) is 2. The van der Waals surface area contributed by atoms with Crippen LogP contribution in [0.15, 0.2) is 18.2 Å². The van der Waals surface area contributed by atoms with E-state index >= 15 is 0 Å². The summed E-state index contributed by atoms with van der Waals surface area (Å²) in [6, 6.07) is 6.30. The van der Waals surface area contributed by atoms with Gasteiger partial charge in [-0.1, -0.05) is 73.9 Å².